The van der Waals surface area contributed by atoms with Crippen molar-refractivity contribution in [3.63, 3.8) is 0 Å². The topological polar surface area (TPSA) is 100 Å². The second kappa shape index (κ2) is 7.16. The van der Waals surface area contributed by atoms with E-state index >= 15 is 0 Å². The molecule has 0 unspecified atom stereocenters. The standard InChI is InChI=1S/C21H23FN4O4/c1-21(2,3)30-20(28)26-8-6-15-13(10-26)17(25-24-15)12-9-14(22)16(19(27)29-4)18-11(12)5-7-23-18/h5,7,9,23H,6,8,10H2,1-4H3,(H,24,25). The van der Waals surface area contributed by atoms with Crippen LogP contribution in [-0.4, -0.2) is 51.4 Å². The lowest BCUT2D eigenvalue weighted by molar-refractivity contribution is 0.0223. The van der Waals surface area contributed by atoms with Crippen molar-refractivity contribution in [2.45, 2.75) is 39.3 Å². The van der Waals surface area contributed by atoms with Crippen molar-refractivity contribution in [2.24, 2.45) is 0 Å². The summed E-state index contributed by atoms with van der Waals surface area (Å²) in [6, 6.07) is 3.06. The number of hydrogen-bond acceptors (Lipinski definition) is 5. The number of nitrogens with zero attached hydrogens (tertiary/aromatic N) is 2. The first kappa shape index (κ1) is 19.9. The highest BCUT2D eigenvalue weighted by Crippen LogP contribution is 2.36. The largest absolute Gasteiger partial charge is 0.465 e. The molecule has 0 atom stereocenters. The van der Waals surface area contributed by atoms with Gasteiger partial charge in [0.15, 0.2) is 0 Å². The number of rotatable bonds is 2. The Morgan fingerprint density at radius 2 is 2.07 bits per heavy atom. The van der Waals surface area contributed by atoms with Gasteiger partial charge in [-0.3, -0.25) is 5.10 Å². The number of ether oxygens (including phenoxy) is 2. The number of H-pyrrole nitrogens is 2. The van der Waals surface area contributed by atoms with Gasteiger partial charge in [-0.2, -0.15) is 5.10 Å². The van der Waals surface area contributed by atoms with Gasteiger partial charge in [0, 0.05) is 35.7 Å². The van der Waals surface area contributed by atoms with Crippen LogP contribution in [0.4, 0.5) is 9.18 Å². The van der Waals surface area contributed by atoms with Crippen LogP contribution in [0.3, 0.4) is 0 Å². The number of esters is 1. The Balaban J connectivity index is 1.76. The average Bonchev–Trinajstić information content (AvgIpc) is 3.32. The third-order valence-corrected chi connectivity index (χ3v) is 5.03. The van der Waals surface area contributed by atoms with Crippen LogP contribution in [0.25, 0.3) is 22.2 Å². The first-order chi connectivity index (χ1) is 14.2. The number of hydrogen-bond donors (Lipinski definition) is 2. The molecule has 0 bridgehead atoms. The zero-order valence-corrected chi connectivity index (χ0v) is 17.3. The fourth-order valence-electron chi connectivity index (χ4n) is 3.70. The van der Waals surface area contributed by atoms with Crippen molar-refractivity contribution < 1.29 is 23.5 Å². The molecule has 0 saturated carbocycles. The van der Waals surface area contributed by atoms with Gasteiger partial charge in [0.25, 0.3) is 0 Å². The van der Waals surface area contributed by atoms with Gasteiger partial charge in [-0.25, -0.2) is 14.0 Å². The second-order valence-corrected chi connectivity index (χ2v) is 8.21. The van der Waals surface area contributed by atoms with Crippen LogP contribution in [0.2, 0.25) is 0 Å². The zero-order chi connectivity index (χ0) is 21.6. The van der Waals surface area contributed by atoms with E-state index < -0.39 is 23.5 Å². The number of nitrogens with one attached hydrogen (secondary N) is 2. The van der Waals surface area contributed by atoms with Gasteiger partial charge in [0.05, 0.1) is 30.6 Å². The Morgan fingerprint density at radius 1 is 1.30 bits per heavy atom. The van der Waals surface area contributed by atoms with Gasteiger partial charge in [-0.1, -0.05) is 0 Å². The molecule has 9 heteroatoms. The molecule has 30 heavy (non-hydrogen) atoms. The first-order valence-electron chi connectivity index (χ1n) is 9.62. The molecular formula is C21H23FN4O4. The van der Waals surface area contributed by atoms with Crippen LogP contribution in [0, 0.1) is 5.82 Å². The molecule has 3 aromatic rings. The Bertz CT molecular complexity index is 1140. The molecule has 0 aliphatic carbocycles. The minimum atomic E-state index is -0.755. The third kappa shape index (κ3) is 3.40. The highest BCUT2D eigenvalue weighted by atomic mass is 19.1. The van der Waals surface area contributed by atoms with Crippen LogP contribution in [-0.2, 0) is 22.4 Å². The summed E-state index contributed by atoms with van der Waals surface area (Å²) in [6.45, 7) is 6.23. The van der Waals surface area contributed by atoms with Crippen molar-refractivity contribution in [3.8, 4) is 11.3 Å². The maximum Gasteiger partial charge on any atom is 0.410 e. The molecule has 1 amide bonds. The van der Waals surface area contributed by atoms with Crippen molar-refractivity contribution in [1.29, 1.82) is 0 Å². The lowest BCUT2D eigenvalue weighted by Crippen LogP contribution is -2.39. The van der Waals surface area contributed by atoms with Gasteiger partial charge in [-0.05, 0) is 32.9 Å². The molecule has 0 saturated heterocycles. The molecule has 3 heterocycles. The maximum atomic E-state index is 14.9. The van der Waals surface area contributed by atoms with Crippen molar-refractivity contribution >= 4 is 23.0 Å². The molecule has 2 N–H and O–H groups in total. The summed E-state index contributed by atoms with van der Waals surface area (Å²) in [6.07, 6.45) is 1.79. The number of aromatic nitrogens is 3. The van der Waals surface area contributed by atoms with Crippen molar-refractivity contribution in [2.75, 3.05) is 13.7 Å². The Hall–Kier alpha value is -3.36. The maximum absolute atomic E-state index is 14.9. The Kier molecular flexibility index (Phi) is 4.76. The second-order valence-electron chi connectivity index (χ2n) is 8.21. The van der Waals surface area contributed by atoms with E-state index in [2.05, 4.69) is 15.2 Å². The average molecular weight is 414 g/mol. The number of halogens is 1. The van der Waals surface area contributed by atoms with E-state index in [4.69, 9.17) is 9.47 Å². The number of benzene rings is 1. The summed E-state index contributed by atoms with van der Waals surface area (Å²) in [5.74, 6) is -1.45. The quantitative estimate of drug-likeness (QED) is 0.622. The monoisotopic (exact) mass is 414 g/mol. The molecule has 1 aliphatic rings. The van der Waals surface area contributed by atoms with Gasteiger partial charge in [0.1, 0.15) is 17.0 Å². The molecule has 0 spiro atoms. The van der Waals surface area contributed by atoms with Crippen molar-refractivity contribution in [1.82, 2.24) is 20.1 Å². The zero-order valence-electron chi connectivity index (χ0n) is 17.3. The summed E-state index contributed by atoms with van der Waals surface area (Å²) >= 11 is 0. The van der Waals surface area contributed by atoms with Crippen LogP contribution in [0.5, 0.6) is 0 Å². The van der Waals surface area contributed by atoms with Gasteiger partial charge < -0.3 is 19.4 Å². The molecule has 1 aromatic carbocycles. The van der Waals surface area contributed by atoms with E-state index in [1.165, 1.54) is 13.2 Å². The van der Waals surface area contributed by atoms with Crippen LogP contribution in [0.1, 0.15) is 42.4 Å². The highest BCUT2D eigenvalue weighted by Gasteiger charge is 2.30. The molecule has 158 valence electrons. The molecular weight excluding hydrogens is 391 g/mol. The summed E-state index contributed by atoms with van der Waals surface area (Å²) in [5.41, 5.74) is 2.39. The third-order valence-electron chi connectivity index (χ3n) is 5.03. The minimum absolute atomic E-state index is 0.148. The molecule has 0 radical (unpaired) electrons. The molecule has 2 aromatic heterocycles. The molecule has 8 nitrogen and oxygen atoms in total. The van der Waals surface area contributed by atoms with Crippen LogP contribution >= 0.6 is 0 Å². The van der Waals surface area contributed by atoms with Crippen molar-refractivity contribution in [3.05, 3.63) is 41.0 Å². The first-order valence-corrected chi connectivity index (χ1v) is 9.62. The fraction of sp³-hybridized carbons (Fsp3) is 0.381. The minimum Gasteiger partial charge on any atom is -0.465 e. The number of amides is 1. The summed E-state index contributed by atoms with van der Waals surface area (Å²) in [4.78, 5) is 29.1. The van der Waals surface area contributed by atoms with Gasteiger partial charge in [0.2, 0.25) is 0 Å². The smallest absolute Gasteiger partial charge is 0.410 e. The number of carbonyl (C=O) groups excluding carboxylic acids is 2. The molecule has 0 fully saturated rings. The van der Waals surface area contributed by atoms with Crippen LogP contribution < -0.4 is 0 Å². The Morgan fingerprint density at radius 3 is 2.77 bits per heavy atom. The lowest BCUT2D eigenvalue weighted by Gasteiger charge is -2.30. The summed E-state index contributed by atoms with van der Waals surface area (Å²) in [5, 5.41) is 8.01. The number of methoxy groups -OCH3 is 1. The predicted molar refractivity (Wildman–Crippen MR) is 108 cm³/mol. The van der Waals surface area contributed by atoms with Gasteiger partial charge in [-0.15, -0.1) is 0 Å². The lowest BCUT2D eigenvalue weighted by atomic mass is 9.97. The summed E-state index contributed by atoms with van der Waals surface area (Å²) in [7, 11) is 1.21. The van der Waals surface area contributed by atoms with E-state index in [0.29, 0.717) is 41.7 Å². The predicted octanol–water partition coefficient (Wildman–Crippen LogP) is 3.78. The number of aromatic amines is 2. The summed E-state index contributed by atoms with van der Waals surface area (Å²) < 4.78 is 25.1. The fourth-order valence-corrected chi connectivity index (χ4v) is 3.70. The highest BCUT2D eigenvalue weighted by molar-refractivity contribution is 6.08. The van der Waals surface area contributed by atoms with E-state index in [0.717, 1.165) is 11.3 Å². The normalized spacial score (nSPS) is 14.0. The van der Waals surface area contributed by atoms with E-state index in [9.17, 15) is 14.0 Å². The molecule has 1 aliphatic heterocycles. The number of carbonyl (C=O) groups is 2. The number of fused-ring (bicyclic) bond motifs is 2. The Labute approximate surface area is 172 Å². The van der Waals surface area contributed by atoms with Crippen LogP contribution in [0.15, 0.2) is 18.3 Å². The van der Waals surface area contributed by atoms with E-state index in [-0.39, 0.29) is 5.56 Å². The molecule has 4 rings (SSSR count). The van der Waals surface area contributed by atoms with Gasteiger partial charge >= 0.3 is 12.1 Å². The SMILES string of the molecule is COC(=O)c1c(F)cc(-c2[nH]nc3c2CN(C(=O)OC(C)(C)C)CC3)c2cc[nH]c12. The van der Waals surface area contributed by atoms with E-state index in [1.54, 1.807) is 17.2 Å². The van der Waals surface area contributed by atoms with E-state index in [1.807, 2.05) is 20.8 Å².